The van der Waals surface area contributed by atoms with Crippen LogP contribution in [0.15, 0.2) is 40.9 Å². The molecule has 0 aliphatic heterocycles. The van der Waals surface area contributed by atoms with Crippen molar-refractivity contribution in [3.63, 3.8) is 0 Å². The SMILES string of the molecule is CCOc1cc(C#N)cc(Br)c1OC(=O)c1cccc(OC(F)F)c1. The normalized spacial score (nSPS) is 10.2. The summed E-state index contributed by atoms with van der Waals surface area (Å²) in [6.07, 6.45) is 0. The number of hydrogen-bond donors (Lipinski definition) is 0. The fourth-order valence-corrected chi connectivity index (χ4v) is 2.47. The largest absolute Gasteiger partial charge is 0.490 e. The van der Waals surface area contributed by atoms with Crippen molar-refractivity contribution in [2.75, 3.05) is 6.61 Å². The van der Waals surface area contributed by atoms with Gasteiger partial charge >= 0.3 is 12.6 Å². The zero-order chi connectivity index (χ0) is 18.4. The number of carbonyl (C=O) groups excluding carboxylic acids is 1. The summed E-state index contributed by atoms with van der Waals surface area (Å²) >= 11 is 3.22. The zero-order valence-electron chi connectivity index (χ0n) is 13.0. The molecule has 0 bridgehead atoms. The highest BCUT2D eigenvalue weighted by Crippen LogP contribution is 2.37. The average Bonchev–Trinajstić information content (AvgIpc) is 2.57. The average molecular weight is 412 g/mol. The van der Waals surface area contributed by atoms with Gasteiger partial charge in [0.05, 0.1) is 28.3 Å². The van der Waals surface area contributed by atoms with Gasteiger partial charge in [0, 0.05) is 6.07 Å². The van der Waals surface area contributed by atoms with Crippen LogP contribution in [-0.4, -0.2) is 19.2 Å². The Labute approximate surface area is 150 Å². The van der Waals surface area contributed by atoms with Crippen LogP contribution in [0.25, 0.3) is 0 Å². The molecule has 2 aromatic carbocycles. The summed E-state index contributed by atoms with van der Waals surface area (Å²) < 4.78 is 39.9. The number of nitriles is 1. The van der Waals surface area contributed by atoms with Crippen molar-refractivity contribution < 1.29 is 27.8 Å². The third kappa shape index (κ3) is 4.90. The molecule has 0 saturated carbocycles. The van der Waals surface area contributed by atoms with E-state index in [2.05, 4.69) is 20.7 Å². The second kappa shape index (κ2) is 8.44. The summed E-state index contributed by atoms with van der Waals surface area (Å²) in [6.45, 7) is -0.962. The monoisotopic (exact) mass is 411 g/mol. The first-order valence-corrected chi connectivity index (χ1v) is 7.87. The van der Waals surface area contributed by atoms with E-state index in [0.717, 1.165) is 6.07 Å². The Kier molecular flexibility index (Phi) is 6.31. The molecule has 130 valence electrons. The van der Waals surface area contributed by atoms with E-state index in [1.54, 1.807) is 6.92 Å². The van der Waals surface area contributed by atoms with E-state index < -0.39 is 12.6 Å². The maximum absolute atomic E-state index is 12.3. The number of carbonyl (C=O) groups is 1. The minimum Gasteiger partial charge on any atom is -0.490 e. The van der Waals surface area contributed by atoms with Gasteiger partial charge in [0.1, 0.15) is 5.75 Å². The Balaban J connectivity index is 2.30. The molecule has 25 heavy (non-hydrogen) atoms. The zero-order valence-corrected chi connectivity index (χ0v) is 14.5. The molecular weight excluding hydrogens is 400 g/mol. The van der Waals surface area contributed by atoms with E-state index in [0.29, 0.717) is 16.6 Å². The standard InChI is InChI=1S/C17H12BrF2NO4/c1-2-23-14-7-10(9-21)6-13(18)15(14)25-16(22)11-4-3-5-12(8-11)24-17(19)20/h3-8,17H,2H2,1H3. The van der Waals surface area contributed by atoms with Crippen molar-refractivity contribution in [2.45, 2.75) is 13.5 Å². The summed E-state index contributed by atoms with van der Waals surface area (Å²) in [4.78, 5) is 12.3. The van der Waals surface area contributed by atoms with Crippen molar-refractivity contribution in [1.29, 1.82) is 5.26 Å². The molecule has 0 saturated heterocycles. The number of benzene rings is 2. The lowest BCUT2D eigenvalue weighted by molar-refractivity contribution is -0.0499. The molecule has 0 aromatic heterocycles. The Hall–Kier alpha value is -2.66. The molecule has 0 aliphatic carbocycles. The van der Waals surface area contributed by atoms with Crippen molar-refractivity contribution >= 4 is 21.9 Å². The molecular formula is C17H12BrF2NO4. The van der Waals surface area contributed by atoms with Crippen molar-refractivity contribution in [2.24, 2.45) is 0 Å². The fraction of sp³-hybridized carbons (Fsp3) is 0.176. The molecule has 0 unspecified atom stereocenters. The van der Waals surface area contributed by atoms with Gasteiger partial charge in [0.2, 0.25) is 0 Å². The van der Waals surface area contributed by atoms with Gasteiger partial charge in [-0.1, -0.05) is 6.07 Å². The number of nitrogens with zero attached hydrogens (tertiary/aromatic N) is 1. The molecule has 2 rings (SSSR count). The second-order valence-electron chi connectivity index (χ2n) is 4.63. The van der Waals surface area contributed by atoms with Crippen LogP contribution in [0.4, 0.5) is 8.78 Å². The van der Waals surface area contributed by atoms with Crippen molar-refractivity contribution in [3.05, 3.63) is 52.0 Å². The van der Waals surface area contributed by atoms with E-state index in [-0.39, 0.29) is 22.8 Å². The summed E-state index contributed by atoms with van der Waals surface area (Å²) in [7, 11) is 0. The summed E-state index contributed by atoms with van der Waals surface area (Å²) in [6, 6.07) is 10.1. The maximum Gasteiger partial charge on any atom is 0.387 e. The summed E-state index contributed by atoms with van der Waals surface area (Å²) in [5, 5.41) is 9.00. The first-order chi connectivity index (χ1) is 11.9. The molecule has 0 aliphatic rings. The number of ether oxygens (including phenoxy) is 3. The minimum absolute atomic E-state index is 0.0249. The lowest BCUT2D eigenvalue weighted by Crippen LogP contribution is -2.11. The molecule has 0 fully saturated rings. The topological polar surface area (TPSA) is 68.5 Å². The molecule has 5 nitrogen and oxygen atoms in total. The van der Waals surface area contributed by atoms with Gasteiger partial charge in [-0.05, 0) is 47.1 Å². The van der Waals surface area contributed by atoms with Gasteiger partial charge in [-0.25, -0.2) is 4.79 Å². The van der Waals surface area contributed by atoms with E-state index in [4.69, 9.17) is 14.7 Å². The molecule has 0 atom stereocenters. The smallest absolute Gasteiger partial charge is 0.387 e. The summed E-state index contributed by atoms with van der Waals surface area (Å²) in [5.41, 5.74) is 0.347. The van der Waals surface area contributed by atoms with Crippen LogP contribution in [0.3, 0.4) is 0 Å². The lowest BCUT2D eigenvalue weighted by atomic mass is 10.2. The predicted octanol–water partition coefficient (Wildman–Crippen LogP) is 4.54. The number of hydrogen-bond acceptors (Lipinski definition) is 5. The quantitative estimate of drug-likeness (QED) is 0.515. The Morgan fingerprint density at radius 1 is 1.32 bits per heavy atom. The van der Waals surface area contributed by atoms with Crippen LogP contribution in [0.2, 0.25) is 0 Å². The van der Waals surface area contributed by atoms with Crippen LogP contribution in [-0.2, 0) is 0 Å². The first kappa shape index (κ1) is 18.7. The Bertz CT molecular complexity index is 821. The first-order valence-electron chi connectivity index (χ1n) is 7.08. The minimum atomic E-state index is -3.00. The number of esters is 1. The molecule has 0 radical (unpaired) electrons. The van der Waals surface area contributed by atoms with Crippen LogP contribution >= 0.6 is 15.9 Å². The highest BCUT2D eigenvalue weighted by atomic mass is 79.9. The number of halogens is 3. The van der Waals surface area contributed by atoms with E-state index in [9.17, 15) is 13.6 Å². The van der Waals surface area contributed by atoms with E-state index in [1.165, 1.54) is 30.3 Å². The third-order valence-electron chi connectivity index (χ3n) is 2.93. The van der Waals surface area contributed by atoms with Crippen LogP contribution in [0.5, 0.6) is 17.2 Å². The van der Waals surface area contributed by atoms with Crippen LogP contribution < -0.4 is 14.2 Å². The fourth-order valence-electron chi connectivity index (χ4n) is 1.95. The van der Waals surface area contributed by atoms with Crippen molar-refractivity contribution in [3.8, 4) is 23.3 Å². The van der Waals surface area contributed by atoms with Gasteiger partial charge in [-0.15, -0.1) is 0 Å². The molecule has 0 spiro atoms. The molecule has 8 heteroatoms. The van der Waals surface area contributed by atoms with E-state index in [1.807, 2.05) is 6.07 Å². The maximum atomic E-state index is 12.3. The van der Waals surface area contributed by atoms with E-state index >= 15 is 0 Å². The van der Waals surface area contributed by atoms with Crippen molar-refractivity contribution in [1.82, 2.24) is 0 Å². The molecule has 2 aromatic rings. The van der Waals surface area contributed by atoms with Crippen LogP contribution in [0, 0.1) is 11.3 Å². The Morgan fingerprint density at radius 3 is 2.72 bits per heavy atom. The highest BCUT2D eigenvalue weighted by Gasteiger charge is 2.18. The number of rotatable bonds is 6. The third-order valence-corrected chi connectivity index (χ3v) is 3.52. The van der Waals surface area contributed by atoms with Gasteiger partial charge in [-0.2, -0.15) is 14.0 Å². The van der Waals surface area contributed by atoms with Gasteiger partial charge in [-0.3, -0.25) is 0 Å². The predicted molar refractivity (Wildman–Crippen MR) is 88.1 cm³/mol. The number of alkyl halides is 2. The Morgan fingerprint density at radius 2 is 2.08 bits per heavy atom. The highest BCUT2D eigenvalue weighted by molar-refractivity contribution is 9.10. The van der Waals surface area contributed by atoms with Gasteiger partial charge < -0.3 is 14.2 Å². The summed E-state index contributed by atoms with van der Waals surface area (Å²) in [5.74, 6) is -0.646. The van der Waals surface area contributed by atoms with Gasteiger partial charge in [0.15, 0.2) is 11.5 Å². The molecule has 0 heterocycles. The van der Waals surface area contributed by atoms with Gasteiger partial charge in [0.25, 0.3) is 0 Å². The lowest BCUT2D eigenvalue weighted by Gasteiger charge is -2.13. The molecule has 0 N–H and O–H groups in total. The second-order valence-corrected chi connectivity index (χ2v) is 5.48. The van der Waals surface area contributed by atoms with Crippen LogP contribution in [0.1, 0.15) is 22.8 Å². The molecule has 0 amide bonds.